The molecule has 2 aromatic carbocycles. The number of amides is 2. The molecule has 4 rings (SSSR count). The Kier molecular flexibility index (Phi) is 7.05. The number of carbonyl (C=O) groups excluding carboxylic acids is 2. The van der Waals surface area contributed by atoms with Crippen molar-refractivity contribution in [3.8, 4) is 17.0 Å². The number of hydrogen-bond acceptors (Lipinski definition) is 4. The predicted octanol–water partition coefficient (Wildman–Crippen LogP) is 4.81. The highest BCUT2D eigenvalue weighted by atomic mass is 79.9. The highest BCUT2D eigenvalue weighted by Crippen LogP contribution is 2.28. The first-order chi connectivity index (χ1) is 15.5. The number of nitrogens with one attached hydrogen (secondary N) is 1. The lowest BCUT2D eigenvalue weighted by Gasteiger charge is -2.15. The molecule has 1 fully saturated rings. The number of hydrogen-bond donors (Lipinski definition) is 1. The number of ether oxygens (including phenoxy) is 1. The minimum Gasteiger partial charge on any atom is -0.494 e. The summed E-state index contributed by atoms with van der Waals surface area (Å²) in [4.78, 5) is 31.5. The summed E-state index contributed by atoms with van der Waals surface area (Å²) in [6.45, 7) is 4.57. The lowest BCUT2D eigenvalue weighted by Crippen LogP contribution is -2.30. The van der Waals surface area contributed by atoms with Gasteiger partial charge in [-0.05, 0) is 68.3 Å². The first-order valence-electron chi connectivity index (χ1n) is 10.9. The van der Waals surface area contributed by atoms with Crippen molar-refractivity contribution in [3.63, 3.8) is 0 Å². The first kappa shape index (κ1) is 22.3. The van der Waals surface area contributed by atoms with E-state index in [1.807, 2.05) is 60.4 Å². The van der Waals surface area contributed by atoms with E-state index in [-0.39, 0.29) is 11.8 Å². The van der Waals surface area contributed by atoms with Gasteiger partial charge in [0.2, 0.25) is 5.91 Å². The molecule has 0 radical (unpaired) electrons. The van der Waals surface area contributed by atoms with Gasteiger partial charge in [-0.15, -0.1) is 0 Å². The molecule has 0 saturated carbocycles. The standard InChI is InChI=1S/C25H26BrN3O3/c1-2-32-19-9-6-17(7-10-19)23-16-21(20-15-18(26)8-11-22(20)28-23)25(31)27-12-4-14-29-13-3-5-24(29)30/h6-11,15-16H,2-5,12-14H2,1H3,(H,27,31). The van der Waals surface area contributed by atoms with Gasteiger partial charge in [0.1, 0.15) is 5.75 Å². The molecule has 6 nitrogen and oxygen atoms in total. The molecule has 1 N–H and O–H groups in total. The van der Waals surface area contributed by atoms with Crippen molar-refractivity contribution in [2.45, 2.75) is 26.2 Å². The molecule has 1 saturated heterocycles. The van der Waals surface area contributed by atoms with Crippen LogP contribution in [0.2, 0.25) is 0 Å². The Morgan fingerprint density at radius 3 is 2.72 bits per heavy atom. The van der Waals surface area contributed by atoms with Gasteiger partial charge < -0.3 is 15.0 Å². The number of rotatable bonds is 8. The topological polar surface area (TPSA) is 71.5 Å². The van der Waals surface area contributed by atoms with E-state index in [1.165, 1.54) is 0 Å². The van der Waals surface area contributed by atoms with E-state index in [9.17, 15) is 9.59 Å². The van der Waals surface area contributed by atoms with Crippen molar-refractivity contribution < 1.29 is 14.3 Å². The summed E-state index contributed by atoms with van der Waals surface area (Å²) in [6, 6.07) is 15.3. The Bertz CT molecular complexity index is 1130. The Morgan fingerprint density at radius 1 is 1.19 bits per heavy atom. The highest BCUT2D eigenvalue weighted by molar-refractivity contribution is 9.10. The molecule has 0 spiro atoms. The molecule has 166 valence electrons. The summed E-state index contributed by atoms with van der Waals surface area (Å²) in [5.41, 5.74) is 2.99. The molecule has 0 bridgehead atoms. The van der Waals surface area contributed by atoms with Gasteiger partial charge in [0.05, 0.1) is 23.4 Å². The number of nitrogens with zero attached hydrogens (tertiary/aromatic N) is 2. The summed E-state index contributed by atoms with van der Waals surface area (Å²) in [5.74, 6) is 0.868. The van der Waals surface area contributed by atoms with Crippen molar-refractivity contribution in [2.24, 2.45) is 0 Å². The maximum absolute atomic E-state index is 13.1. The summed E-state index contributed by atoms with van der Waals surface area (Å²) < 4.78 is 6.42. The van der Waals surface area contributed by atoms with Crippen molar-refractivity contribution >= 4 is 38.6 Å². The number of benzene rings is 2. The fourth-order valence-corrected chi connectivity index (χ4v) is 4.29. The second kappa shape index (κ2) is 10.1. The monoisotopic (exact) mass is 495 g/mol. The Morgan fingerprint density at radius 2 is 2.00 bits per heavy atom. The summed E-state index contributed by atoms with van der Waals surface area (Å²) in [6.07, 6.45) is 2.30. The number of halogens is 1. The Balaban J connectivity index is 1.55. The lowest BCUT2D eigenvalue weighted by molar-refractivity contribution is -0.127. The predicted molar refractivity (Wildman–Crippen MR) is 129 cm³/mol. The molecule has 32 heavy (non-hydrogen) atoms. The van der Waals surface area contributed by atoms with Gasteiger partial charge in [-0.3, -0.25) is 9.59 Å². The van der Waals surface area contributed by atoms with E-state index in [0.717, 1.165) is 51.8 Å². The van der Waals surface area contributed by atoms with Crippen LogP contribution in [-0.4, -0.2) is 47.9 Å². The molecule has 0 unspecified atom stereocenters. The molecule has 1 aliphatic heterocycles. The molecule has 2 heterocycles. The molecular weight excluding hydrogens is 470 g/mol. The van der Waals surface area contributed by atoms with Crippen LogP contribution in [0, 0.1) is 0 Å². The summed E-state index contributed by atoms with van der Waals surface area (Å²) in [7, 11) is 0. The van der Waals surface area contributed by atoms with Crippen molar-refractivity contribution in [3.05, 3.63) is 58.6 Å². The fourth-order valence-electron chi connectivity index (χ4n) is 3.93. The molecule has 0 atom stereocenters. The van der Waals surface area contributed by atoms with Gasteiger partial charge in [0.15, 0.2) is 0 Å². The van der Waals surface area contributed by atoms with Gasteiger partial charge in [-0.25, -0.2) is 4.98 Å². The van der Waals surface area contributed by atoms with Crippen LogP contribution < -0.4 is 10.1 Å². The van der Waals surface area contributed by atoms with Gasteiger partial charge in [0, 0.05) is 41.5 Å². The van der Waals surface area contributed by atoms with Crippen LogP contribution >= 0.6 is 15.9 Å². The van der Waals surface area contributed by atoms with Crippen molar-refractivity contribution in [2.75, 3.05) is 26.2 Å². The maximum Gasteiger partial charge on any atom is 0.252 e. The third-order valence-corrected chi connectivity index (χ3v) is 6.03. The molecule has 0 aliphatic carbocycles. The number of pyridine rings is 1. The van der Waals surface area contributed by atoms with Crippen LogP contribution in [0.1, 0.15) is 36.5 Å². The zero-order valence-corrected chi connectivity index (χ0v) is 19.7. The Labute approximate surface area is 196 Å². The Hall–Kier alpha value is -2.93. The van der Waals surface area contributed by atoms with E-state index in [2.05, 4.69) is 21.2 Å². The largest absolute Gasteiger partial charge is 0.494 e. The number of aromatic nitrogens is 1. The van der Waals surface area contributed by atoms with E-state index in [0.29, 0.717) is 31.7 Å². The SMILES string of the molecule is CCOc1ccc(-c2cc(C(=O)NCCCN3CCCC3=O)c3cc(Br)ccc3n2)cc1. The van der Waals surface area contributed by atoms with Crippen LogP contribution in [0.15, 0.2) is 53.0 Å². The molecule has 1 aliphatic rings. The second-order valence-corrected chi connectivity index (χ2v) is 8.68. The second-order valence-electron chi connectivity index (χ2n) is 7.77. The van der Waals surface area contributed by atoms with Crippen LogP contribution in [0.3, 0.4) is 0 Å². The van der Waals surface area contributed by atoms with E-state index < -0.39 is 0 Å². The van der Waals surface area contributed by atoms with Gasteiger partial charge in [-0.1, -0.05) is 15.9 Å². The van der Waals surface area contributed by atoms with Crippen LogP contribution in [0.5, 0.6) is 5.75 Å². The van der Waals surface area contributed by atoms with E-state index in [4.69, 9.17) is 9.72 Å². The molecule has 3 aromatic rings. The third-order valence-electron chi connectivity index (χ3n) is 5.54. The normalized spacial score (nSPS) is 13.6. The highest BCUT2D eigenvalue weighted by Gasteiger charge is 2.19. The lowest BCUT2D eigenvalue weighted by atomic mass is 10.0. The van der Waals surface area contributed by atoms with Crippen LogP contribution in [0.25, 0.3) is 22.2 Å². The van der Waals surface area contributed by atoms with Gasteiger partial charge in [0.25, 0.3) is 5.91 Å². The molecular formula is C25H26BrN3O3. The average molecular weight is 496 g/mol. The summed E-state index contributed by atoms with van der Waals surface area (Å²) in [5, 5.41) is 3.81. The zero-order valence-electron chi connectivity index (χ0n) is 18.1. The first-order valence-corrected chi connectivity index (χ1v) is 11.7. The smallest absolute Gasteiger partial charge is 0.252 e. The minimum absolute atomic E-state index is 0.143. The number of likely N-dealkylation sites (tertiary alicyclic amines) is 1. The molecule has 7 heteroatoms. The fraction of sp³-hybridized carbons (Fsp3) is 0.320. The quantitative estimate of drug-likeness (QED) is 0.455. The maximum atomic E-state index is 13.1. The third kappa shape index (κ3) is 5.10. The molecule has 2 amide bonds. The minimum atomic E-state index is -0.143. The zero-order chi connectivity index (χ0) is 22.5. The van der Waals surface area contributed by atoms with Crippen LogP contribution in [0.4, 0.5) is 0 Å². The van der Waals surface area contributed by atoms with Crippen LogP contribution in [-0.2, 0) is 4.79 Å². The number of fused-ring (bicyclic) bond motifs is 1. The van der Waals surface area contributed by atoms with E-state index >= 15 is 0 Å². The summed E-state index contributed by atoms with van der Waals surface area (Å²) >= 11 is 3.50. The van der Waals surface area contributed by atoms with E-state index in [1.54, 1.807) is 0 Å². The van der Waals surface area contributed by atoms with Crippen molar-refractivity contribution in [1.82, 2.24) is 15.2 Å². The number of carbonyl (C=O) groups is 2. The van der Waals surface area contributed by atoms with Crippen molar-refractivity contribution in [1.29, 1.82) is 0 Å². The average Bonchev–Trinajstić information content (AvgIpc) is 3.21. The van der Waals surface area contributed by atoms with Gasteiger partial charge >= 0.3 is 0 Å². The molecule has 1 aromatic heterocycles. The van der Waals surface area contributed by atoms with Gasteiger partial charge in [-0.2, -0.15) is 0 Å².